The maximum atomic E-state index is 11.8. The second-order valence-electron chi connectivity index (χ2n) is 6.22. The maximum Gasteiger partial charge on any atom is 0.410 e. The zero-order valence-electron chi connectivity index (χ0n) is 13.6. The van der Waals surface area contributed by atoms with Gasteiger partial charge in [0.2, 0.25) is 0 Å². The summed E-state index contributed by atoms with van der Waals surface area (Å²) in [7, 11) is 1.42. The molecule has 1 saturated heterocycles. The molecule has 1 aliphatic heterocycles. The summed E-state index contributed by atoms with van der Waals surface area (Å²) >= 11 is 0. The van der Waals surface area contributed by atoms with Crippen molar-refractivity contribution in [3.05, 3.63) is 28.3 Å². The lowest BCUT2D eigenvalue weighted by Gasteiger charge is -2.39. The molecule has 1 aromatic rings. The molecule has 1 fully saturated rings. The summed E-state index contributed by atoms with van der Waals surface area (Å²) in [4.78, 5) is 23.6. The molecule has 0 aliphatic carbocycles. The average molecular weight is 324 g/mol. The molecule has 8 nitrogen and oxygen atoms in total. The van der Waals surface area contributed by atoms with Gasteiger partial charge in [0.1, 0.15) is 11.7 Å². The van der Waals surface area contributed by atoms with Gasteiger partial charge in [0.25, 0.3) is 5.69 Å². The van der Waals surface area contributed by atoms with Crippen molar-refractivity contribution < 1.29 is 23.9 Å². The van der Waals surface area contributed by atoms with E-state index >= 15 is 0 Å². The lowest BCUT2D eigenvalue weighted by molar-refractivity contribution is -0.385. The molecule has 2 rings (SSSR count). The van der Waals surface area contributed by atoms with E-state index < -0.39 is 10.5 Å². The lowest BCUT2D eigenvalue weighted by atomic mass is 10.1. The number of carbonyl (C=O) groups excluding carboxylic acids is 1. The fraction of sp³-hybridized carbons (Fsp3) is 0.533. The first-order valence-electron chi connectivity index (χ1n) is 7.16. The van der Waals surface area contributed by atoms with Crippen molar-refractivity contribution in [3.8, 4) is 11.5 Å². The van der Waals surface area contributed by atoms with E-state index in [0.717, 1.165) is 0 Å². The van der Waals surface area contributed by atoms with E-state index in [1.807, 2.05) is 0 Å². The van der Waals surface area contributed by atoms with Crippen LogP contribution in [0.4, 0.5) is 10.5 Å². The molecule has 8 heteroatoms. The highest BCUT2D eigenvalue weighted by Crippen LogP contribution is 2.33. The number of carbonyl (C=O) groups is 1. The van der Waals surface area contributed by atoms with Crippen LogP contribution in [0.3, 0.4) is 0 Å². The van der Waals surface area contributed by atoms with Crippen LogP contribution in [0.5, 0.6) is 11.5 Å². The highest BCUT2D eigenvalue weighted by molar-refractivity contribution is 5.69. The first-order chi connectivity index (χ1) is 10.7. The SMILES string of the molecule is COc1cc([N+](=O)[O-])ccc1OC1CN(C(=O)OC(C)(C)C)C1. The monoisotopic (exact) mass is 324 g/mol. The summed E-state index contributed by atoms with van der Waals surface area (Å²) in [6.45, 7) is 6.21. The summed E-state index contributed by atoms with van der Waals surface area (Å²) < 4.78 is 16.1. The third-order valence-corrected chi connectivity index (χ3v) is 3.15. The molecule has 23 heavy (non-hydrogen) atoms. The van der Waals surface area contributed by atoms with Gasteiger partial charge in [-0.1, -0.05) is 0 Å². The van der Waals surface area contributed by atoms with Crippen LogP contribution in [0.2, 0.25) is 0 Å². The minimum atomic E-state index is -0.537. The molecule has 0 radical (unpaired) electrons. The Morgan fingerprint density at radius 1 is 1.30 bits per heavy atom. The van der Waals surface area contributed by atoms with Crippen molar-refractivity contribution in [3.63, 3.8) is 0 Å². The van der Waals surface area contributed by atoms with Gasteiger partial charge < -0.3 is 19.1 Å². The number of methoxy groups -OCH3 is 1. The summed E-state index contributed by atoms with van der Waals surface area (Å²) in [6, 6.07) is 4.15. The number of non-ortho nitro benzene ring substituents is 1. The largest absolute Gasteiger partial charge is 0.493 e. The fourth-order valence-electron chi connectivity index (χ4n) is 2.03. The van der Waals surface area contributed by atoms with Crippen molar-refractivity contribution in [2.24, 2.45) is 0 Å². The quantitative estimate of drug-likeness (QED) is 0.624. The van der Waals surface area contributed by atoms with E-state index in [1.54, 1.807) is 20.8 Å². The topological polar surface area (TPSA) is 91.1 Å². The van der Waals surface area contributed by atoms with Gasteiger partial charge in [-0.15, -0.1) is 0 Å². The van der Waals surface area contributed by atoms with Gasteiger partial charge in [-0.05, 0) is 26.8 Å². The van der Waals surface area contributed by atoms with Crippen LogP contribution in [0, 0.1) is 10.1 Å². The molecular weight excluding hydrogens is 304 g/mol. The van der Waals surface area contributed by atoms with Crippen LogP contribution in [-0.2, 0) is 4.74 Å². The first-order valence-corrected chi connectivity index (χ1v) is 7.16. The molecule has 0 saturated carbocycles. The van der Waals surface area contributed by atoms with Gasteiger partial charge in [0.05, 0.1) is 31.2 Å². The van der Waals surface area contributed by atoms with Crippen molar-refractivity contribution in [1.82, 2.24) is 4.90 Å². The third-order valence-electron chi connectivity index (χ3n) is 3.15. The highest BCUT2D eigenvalue weighted by Gasteiger charge is 2.35. The van der Waals surface area contributed by atoms with Crippen LogP contribution in [-0.4, -0.2) is 47.8 Å². The van der Waals surface area contributed by atoms with E-state index in [-0.39, 0.29) is 23.6 Å². The van der Waals surface area contributed by atoms with Gasteiger partial charge in [0, 0.05) is 6.07 Å². The van der Waals surface area contributed by atoms with Gasteiger partial charge in [-0.3, -0.25) is 10.1 Å². The standard InChI is InChI=1S/C15H20N2O6/c1-15(2,3)23-14(18)16-8-11(9-16)22-12-6-5-10(17(19)20)7-13(12)21-4/h5-7,11H,8-9H2,1-4H3. The van der Waals surface area contributed by atoms with E-state index in [2.05, 4.69) is 0 Å². The molecule has 0 unspecified atom stereocenters. The number of hydrogen-bond donors (Lipinski definition) is 0. The Balaban J connectivity index is 1.93. The fourth-order valence-corrected chi connectivity index (χ4v) is 2.03. The molecule has 1 heterocycles. The average Bonchev–Trinajstić information content (AvgIpc) is 2.39. The predicted octanol–water partition coefficient (Wildman–Crippen LogP) is 2.60. The molecule has 0 atom stereocenters. The Bertz CT molecular complexity index is 604. The number of nitro groups is 1. The van der Waals surface area contributed by atoms with Crippen LogP contribution in [0.25, 0.3) is 0 Å². The normalized spacial score (nSPS) is 14.9. The predicted molar refractivity (Wildman–Crippen MR) is 81.9 cm³/mol. The van der Waals surface area contributed by atoms with E-state index in [0.29, 0.717) is 18.8 Å². The van der Waals surface area contributed by atoms with Crippen LogP contribution < -0.4 is 9.47 Å². The number of likely N-dealkylation sites (tertiary alicyclic amines) is 1. The summed E-state index contributed by atoms with van der Waals surface area (Å²) in [5.41, 5.74) is -0.608. The van der Waals surface area contributed by atoms with E-state index in [4.69, 9.17) is 14.2 Å². The Morgan fingerprint density at radius 2 is 1.96 bits per heavy atom. The molecule has 0 N–H and O–H groups in total. The van der Waals surface area contributed by atoms with Crippen LogP contribution >= 0.6 is 0 Å². The number of amides is 1. The summed E-state index contributed by atoms with van der Waals surface area (Å²) in [5, 5.41) is 10.8. The van der Waals surface area contributed by atoms with Gasteiger partial charge in [-0.25, -0.2) is 4.79 Å². The van der Waals surface area contributed by atoms with E-state index in [1.165, 1.54) is 30.2 Å². The smallest absolute Gasteiger partial charge is 0.410 e. The highest BCUT2D eigenvalue weighted by atomic mass is 16.6. The molecule has 1 amide bonds. The molecule has 0 bridgehead atoms. The molecule has 1 aliphatic rings. The molecule has 1 aromatic carbocycles. The minimum absolute atomic E-state index is 0.0711. The second-order valence-corrected chi connectivity index (χ2v) is 6.22. The zero-order chi connectivity index (χ0) is 17.2. The maximum absolute atomic E-state index is 11.8. The van der Waals surface area contributed by atoms with Gasteiger partial charge in [0.15, 0.2) is 11.5 Å². The number of benzene rings is 1. The molecule has 0 spiro atoms. The number of ether oxygens (including phenoxy) is 3. The third kappa shape index (κ3) is 4.24. The van der Waals surface area contributed by atoms with Crippen LogP contribution in [0.1, 0.15) is 20.8 Å². The Labute approximate surface area is 134 Å². The Morgan fingerprint density at radius 3 is 2.48 bits per heavy atom. The Hall–Kier alpha value is -2.51. The first kappa shape index (κ1) is 16.9. The number of hydrogen-bond acceptors (Lipinski definition) is 6. The van der Waals surface area contributed by atoms with Crippen molar-refractivity contribution in [2.45, 2.75) is 32.5 Å². The van der Waals surface area contributed by atoms with Crippen molar-refractivity contribution in [2.75, 3.05) is 20.2 Å². The van der Waals surface area contributed by atoms with Gasteiger partial charge >= 0.3 is 6.09 Å². The lowest BCUT2D eigenvalue weighted by Crippen LogP contribution is -2.57. The van der Waals surface area contributed by atoms with Crippen molar-refractivity contribution in [1.29, 1.82) is 0 Å². The van der Waals surface area contributed by atoms with Crippen molar-refractivity contribution >= 4 is 11.8 Å². The number of nitro benzene ring substituents is 1. The molecular formula is C15H20N2O6. The van der Waals surface area contributed by atoms with Gasteiger partial charge in [-0.2, -0.15) is 0 Å². The number of rotatable bonds is 4. The summed E-state index contributed by atoms with van der Waals surface area (Å²) in [6.07, 6.45) is -0.578. The minimum Gasteiger partial charge on any atom is -0.493 e. The van der Waals surface area contributed by atoms with E-state index in [9.17, 15) is 14.9 Å². The zero-order valence-corrected chi connectivity index (χ0v) is 13.6. The summed E-state index contributed by atoms with van der Waals surface area (Å²) in [5.74, 6) is 0.696. The molecule has 126 valence electrons. The van der Waals surface area contributed by atoms with Crippen LogP contribution in [0.15, 0.2) is 18.2 Å². The Kier molecular flexibility index (Phi) is 4.63. The molecule has 0 aromatic heterocycles. The number of nitrogens with zero attached hydrogens (tertiary/aromatic N) is 2. The second kappa shape index (κ2) is 6.31.